The topological polar surface area (TPSA) is 91.8 Å². The summed E-state index contributed by atoms with van der Waals surface area (Å²) in [5.41, 5.74) is 2.89. The molecule has 2 aliphatic carbocycles. The molecule has 0 amide bonds. The highest BCUT2D eigenvalue weighted by Crippen LogP contribution is 2.44. The Balaban J connectivity index is 1.61. The first kappa shape index (κ1) is 21.1. The van der Waals surface area contributed by atoms with Crippen LogP contribution in [0.3, 0.4) is 0 Å². The molecule has 2 saturated carbocycles. The average Bonchev–Trinajstić information content (AvgIpc) is 3.66. The Labute approximate surface area is 182 Å². The zero-order chi connectivity index (χ0) is 22.9. The van der Waals surface area contributed by atoms with Crippen molar-refractivity contribution in [1.82, 2.24) is 9.47 Å². The van der Waals surface area contributed by atoms with E-state index < -0.39 is 51.9 Å². The third-order valence-electron chi connectivity index (χ3n) is 6.95. The Morgan fingerprint density at radius 2 is 1.97 bits per heavy atom. The van der Waals surface area contributed by atoms with E-state index in [0.29, 0.717) is 19.1 Å². The number of nitrogens with two attached hydrogens (primary N) is 1. The number of nitrogen functional groups attached to an aromatic ring is 1. The average molecular weight is 450 g/mol. The summed E-state index contributed by atoms with van der Waals surface area (Å²) in [6.45, 7) is 1.68. The van der Waals surface area contributed by atoms with Crippen molar-refractivity contribution in [3.63, 3.8) is 0 Å². The van der Waals surface area contributed by atoms with Gasteiger partial charge in [-0.15, -0.1) is 0 Å². The highest BCUT2D eigenvalue weighted by Gasteiger charge is 2.42. The Kier molecular flexibility index (Phi) is 4.88. The second-order valence-corrected chi connectivity index (χ2v) is 9.29. The van der Waals surface area contributed by atoms with Crippen LogP contribution in [0.15, 0.2) is 11.0 Å². The molecule has 1 aromatic heterocycles. The SMILES string of the molecule is CN(C[C@@H]1CCN(c2c(F)c(N)c3c(=O)c(C(=O)O)cn([C@@H]4C[C@H]4F)c3c2F)C1)C1CC1. The first-order chi connectivity index (χ1) is 15.2. The van der Waals surface area contributed by atoms with Gasteiger partial charge in [-0.05, 0) is 32.2 Å². The minimum Gasteiger partial charge on any atom is -0.477 e. The quantitative estimate of drug-likeness (QED) is 0.658. The number of hydrogen-bond donors (Lipinski definition) is 2. The van der Waals surface area contributed by atoms with Crippen LogP contribution in [0.5, 0.6) is 0 Å². The van der Waals surface area contributed by atoms with E-state index in [0.717, 1.165) is 23.7 Å². The van der Waals surface area contributed by atoms with Crippen molar-refractivity contribution >= 4 is 28.2 Å². The number of carbonyl (C=O) groups is 1. The smallest absolute Gasteiger partial charge is 0.341 e. The van der Waals surface area contributed by atoms with Crippen molar-refractivity contribution < 1.29 is 23.1 Å². The van der Waals surface area contributed by atoms with Crippen molar-refractivity contribution in [2.24, 2.45) is 5.92 Å². The van der Waals surface area contributed by atoms with Gasteiger partial charge in [-0.2, -0.15) is 0 Å². The molecule has 1 aromatic carbocycles. The number of aromatic nitrogens is 1. The second-order valence-electron chi connectivity index (χ2n) is 9.29. The van der Waals surface area contributed by atoms with Gasteiger partial charge in [0.1, 0.15) is 17.4 Å². The fraction of sp³-hybridized carbons (Fsp3) is 0.545. The fourth-order valence-corrected chi connectivity index (χ4v) is 4.94. The van der Waals surface area contributed by atoms with Crippen LogP contribution >= 0.6 is 0 Å². The zero-order valence-electron chi connectivity index (χ0n) is 17.7. The number of aromatic carboxylic acids is 1. The van der Waals surface area contributed by atoms with E-state index in [1.54, 1.807) is 4.90 Å². The molecule has 32 heavy (non-hydrogen) atoms. The van der Waals surface area contributed by atoms with Gasteiger partial charge < -0.3 is 25.2 Å². The molecule has 10 heteroatoms. The highest BCUT2D eigenvalue weighted by atomic mass is 19.1. The molecule has 0 spiro atoms. The van der Waals surface area contributed by atoms with Crippen molar-refractivity contribution in [3.8, 4) is 0 Å². The van der Waals surface area contributed by atoms with E-state index in [2.05, 4.69) is 11.9 Å². The number of hydrogen-bond acceptors (Lipinski definition) is 5. The van der Waals surface area contributed by atoms with Gasteiger partial charge >= 0.3 is 5.97 Å². The number of carboxylic acids is 1. The summed E-state index contributed by atoms with van der Waals surface area (Å²) in [6, 6.07) is -0.235. The molecule has 0 bridgehead atoms. The van der Waals surface area contributed by atoms with Crippen LogP contribution in [0.25, 0.3) is 10.9 Å². The fourth-order valence-electron chi connectivity index (χ4n) is 4.94. The standard InChI is InChI=1S/C22H25F3N4O3/c1-27(11-2-3-11)7-10-4-5-28(8-10)20-16(24)18(26)15-19(17(20)25)29(14-6-13(14)23)9-12(21(15)30)22(31)32/h9-11,13-14H,2-8,26H2,1H3,(H,31,32)/t10-,13+,14+/m0/s1. The molecule has 7 nitrogen and oxygen atoms in total. The molecule has 2 aromatic rings. The number of alkyl halides is 1. The van der Waals surface area contributed by atoms with E-state index >= 15 is 8.78 Å². The Hall–Kier alpha value is -2.75. The van der Waals surface area contributed by atoms with E-state index in [1.807, 2.05) is 0 Å². The molecule has 3 atom stereocenters. The van der Waals surface area contributed by atoms with Gasteiger partial charge in [0, 0.05) is 38.3 Å². The van der Waals surface area contributed by atoms with Crippen LogP contribution in [0.1, 0.15) is 42.1 Å². The number of fused-ring (bicyclic) bond motifs is 1. The molecule has 3 fully saturated rings. The summed E-state index contributed by atoms with van der Waals surface area (Å²) in [5.74, 6) is -3.42. The molecule has 1 saturated heterocycles. The largest absolute Gasteiger partial charge is 0.477 e. The molecule has 0 unspecified atom stereocenters. The first-order valence-corrected chi connectivity index (χ1v) is 10.9. The monoisotopic (exact) mass is 450 g/mol. The highest BCUT2D eigenvalue weighted by molar-refractivity contribution is 5.99. The van der Waals surface area contributed by atoms with E-state index in [-0.39, 0.29) is 23.5 Å². The van der Waals surface area contributed by atoms with Gasteiger partial charge in [0.15, 0.2) is 11.6 Å². The van der Waals surface area contributed by atoms with E-state index in [1.165, 1.54) is 12.8 Å². The van der Waals surface area contributed by atoms with Gasteiger partial charge in [-0.3, -0.25) is 4.79 Å². The molecule has 5 rings (SSSR count). The summed E-state index contributed by atoms with van der Waals surface area (Å²) >= 11 is 0. The summed E-state index contributed by atoms with van der Waals surface area (Å²) < 4.78 is 46.1. The minimum atomic E-state index is -1.56. The van der Waals surface area contributed by atoms with Gasteiger partial charge in [0.2, 0.25) is 5.43 Å². The number of halogens is 3. The molecule has 3 N–H and O–H groups in total. The molecular formula is C22H25F3N4O3. The van der Waals surface area contributed by atoms with Crippen molar-refractivity contribution in [2.75, 3.05) is 37.3 Å². The lowest BCUT2D eigenvalue weighted by atomic mass is 10.1. The minimum absolute atomic E-state index is 0.0579. The number of carboxylic acid groups (broad SMARTS) is 1. The lowest BCUT2D eigenvalue weighted by Crippen LogP contribution is -2.30. The number of anilines is 2. The van der Waals surface area contributed by atoms with E-state index in [4.69, 9.17) is 5.73 Å². The number of nitrogens with zero attached hydrogens (tertiary/aromatic N) is 3. The number of pyridine rings is 1. The van der Waals surface area contributed by atoms with Crippen molar-refractivity contribution in [3.05, 3.63) is 33.6 Å². The summed E-state index contributed by atoms with van der Waals surface area (Å²) in [4.78, 5) is 28.1. The third-order valence-corrected chi connectivity index (χ3v) is 6.95. The second kappa shape index (κ2) is 7.40. The molecule has 0 radical (unpaired) electrons. The molecule has 2 heterocycles. The van der Waals surface area contributed by atoms with Crippen molar-refractivity contribution in [1.29, 1.82) is 0 Å². The molecular weight excluding hydrogens is 425 g/mol. The number of benzene rings is 1. The summed E-state index contributed by atoms with van der Waals surface area (Å²) in [6.07, 6.45) is 2.80. The maximum absolute atomic E-state index is 15.8. The predicted octanol–water partition coefficient (Wildman–Crippen LogP) is 2.76. The summed E-state index contributed by atoms with van der Waals surface area (Å²) in [7, 11) is 2.05. The normalized spacial score (nSPS) is 25.2. The first-order valence-electron chi connectivity index (χ1n) is 10.9. The van der Waals surface area contributed by atoms with Crippen LogP contribution in [-0.4, -0.2) is 59.4 Å². The maximum Gasteiger partial charge on any atom is 0.341 e. The Bertz CT molecular complexity index is 1180. The lowest BCUT2D eigenvalue weighted by molar-refractivity contribution is 0.0694. The van der Waals surface area contributed by atoms with Gasteiger partial charge in [-0.1, -0.05) is 0 Å². The molecule has 3 aliphatic rings. The predicted molar refractivity (Wildman–Crippen MR) is 114 cm³/mol. The lowest BCUT2D eigenvalue weighted by Gasteiger charge is -2.25. The van der Waals surface area contributed by atoms with Gasteiger partial charge in [-0.25, -0.2) is 18.0 Å². The van der Waals surface area contributed by atoms with Crippen LogP contribution in [0, 0.1) is 17.6 Å². The maximum atomic E-state index is 15.8. The van der Waals surface area contributed by atoms with Crippen molar-refractivity contribution in [2.45, 2.75) is 43.9 Å². The zero-order valence-corrected chi connectivity index (χ0v) is 17.7. The van der Waals surface area contributed by atoms with E-state index in [9.17, 15) is 19.1 Å². The van der Waals surface area contributed by atoms with Gasteiger partial charge in [0.05, 0.1) is 22.6 Å². The summed E-state index contributed by atoms with van der Waals surface area (Å²) in [5, 5.41) is 8.82. The third kappa shape index (κ3) is 3.32. The Morgan fingerprint density at radius 1 is 1.28 bits per heavy atom. The van der Waals surface area contributed by atoms with Crippen LogP contribution in [0.2, 0.25) is 0 Å². The van der Waals surface area contributed by atoms with Gasteiger partial charge in [0.25, 0.3) is 0 Å². The molecule has 1 aliphatic heterocycles. The Morgan fingerprint density at radius 3 is 2.56 bits per heavy atom. The van der Waals surface area contributed by atoms with Crippen LogP contribution in [0.4, 0.5) is 24.5 Å². The molecule has 172 valence electrons. The number of rotatable bonds is 6. The van der Waals surface area contributed by atoms with Crippen LogP contribution < -0.4 is 16.1 Å². The van der Waals surface area contributed by atoms with Crippen LogP contribution in [-0.2, 0) is 0 Å².